The number of fused-ring (bicyclic) bond motifs is 1. The third kappa shape index (κ3) is 6.04. The molecule has 0 N–H and O–H groups in total. The second-order valence-corrected chi connectivity index (χ2v) is 10.1. The standard InChI is InChI=1S/C34H32FN3O3/c1-5-40-32-18-23(4)29(19-28(32)22(2)3)33-37-31-13-9-7-11-27(31)34(39)38(33)36-20-24-14-16-26(17-15-24)41-21-25-10-6-8-12-30(25)35/h6-20,22H,5,21H2,1-4H3. The summed E-state index contributed by atoms with van der Waals surface area (Å²) in [6.07, 6.45) is 1.62. The average Bonchev–Trinajstić information content (AvgIpc) is 2.97. The lowest BCUT2D eigenvalue weighted by Gasteiger charge is -2.18. The number of benzene rings is 4. The quantitative estimate of drug-likeness (QED) is 0.179. The van der Waals surface area contributed by atoms with Crippen LogP contribution in [0.15, 0.2) is 94.8 Å². The van der Waals surface area contributed by atoms with Crippen molar-refractivity contribution in [3.63, 3.8) is 0 Å². The molecule has 1 heterocycles. The van der Waals surface area contributed by atoms with Crippen LogP contribution in [0, 0.1) is 12.7 Å². The third-order valence-corrected chi connectivity index (χ3v) is 6.83. The number of hydrogen-bond donors (Lipinski definition) is 0. The lowest BCUT2D eigenvalue weighted by molar-refractivity contribution is 0.300. The van der Waals surface area contributed by atoms with Gasteiger partial charge in [-0.25, -0.2) is 9.37 Å². The fourth-order valence-corrected chi connectivity index (χ4v) is 4.63. The van der Waals surface area contributed by atoms with E-state index in [9.17, 15) is 9.18 Å². The summed E-state index contributed by atoms with van der Waals surface area (Å²) >= 11 is 0. The first kappa shape index (κ1) is 27.8. The summed E-state index contributed by atoms with van der Waals surface area (Å²) in [5.74, 6) is 1.79. The van der Waals surface area contributed by atoms with Gasteiger partial charge in [0.2, 0.25) is 0 Å². The molecule has 0 aliphatic carbocycles. The molecule has 0 atom stereocenters. The maximum Gasteiger partial charge on any atom is 0.282 e. The van der Waals surface area contributed by atoms with E-state index in [1.807, 2.05) is 50.2 Å². The second kappa shape index (κ2) is 12.2. The van der Waals surface area contributed by atoms with Crippen molar-refractivity contribution in [1.82, 2.24) is 9.66 Å². The van der Waals surface area contributed by atoms with E-state index in [0.717, 1.165) is 28.0 Å². The molecule has 0 aliphatic heterocycles. The molecule has 5 rings (SSSR count). The van der Waals surface area contributed by atoms with Gasteiger partial charge in [-0.1, -0.05) is 44.2 Å². The predicted octanol–water partition coefficient (Wildman–Crippen LogP) is 7.49. The van der Waals surface area contributed by atoms with Crippen LogP contribution in [-0.2, 0) is 6.61 Å². The molecule has 0 radical (unpaired) electrons. The van der Waals surface area contributed by atoms with Crippen molar-refractivity contribution in [2.45, 2.75) is 40.2 Å². The van der Waals surface area contributed by atoms with E-state index in [2.05, 4.69) is 25.0 Å². The molecule has 1 aromatic heterocycles. The maximum absolute atomic E-state index is 13.9. The number of halogens is 1. The van der Waals surface area contributed by atoms with Crippen LogP contribution in [-0.4, -0.2) is 22.5 Å². The van der Waals surface area contributed by atoms with Gasteiger partial charge in [-0.3, -0.25) is 4.79 Å². The monoisotopic (exact) mass is 549 g/mol. The number of ether oxygens (including phenoxy) is 2. The summed E-state index contributed by atoms with van der Waals surface area (Å²) < 4.78 is 26.9. The summed E-state index contributed by atoms with van der Waals surface area (Å²) in [6.45, 7) is 8.86. The number of nitrogens with zero attached hydrogens (tertiary/aromatic N) is 3. The molecule has 0 spiro atoms. The Balaban J connectivity index is 1.52. The Morgan fingerprint density at radius 2 is 1.71 bits per heavy atom. The van der Waals surface area contributed by atoms with Crippen LogP contribution in [0.3, 0.4) is 0 Å². The van der Waals surface area contributed by atoms with Gasteiger partial charge >= 0.3 is 0 Å². The number of rotatable bonds is 9. The molecule has 41 heavy (non-hydrogen) atoms. The van der Waals surface area contributed by atoms with Crippen LogP contribution >= 0.6 is 0 Å². The molecule has 0 fully saturated rings. The molecule has 0 amide bonds. The maximum atomic E-state index is 13.9. The van der Waals surface area contributed by atoms with Crippen molar-refractivity contribution in [3.05, 3.63) is 123 Å². The van der Waals surface area contributed by atoms with Crippen LogP contribution in [0.2, 0.25) is 0 Å². The summed E-state index contributed by atoms with van der Waals surface area (Å²) in [4.78, 5) is 18.6. The Hall–Kier alpha value is -4.78. The van der Waals surface area contributed by atoms with Gasteiger partial charge in [0.1, 0.15) is 23.9 Å². The average molecular weight is 550 g/mol. The Bertz CT molecular complexity index is 1780. The first-order valence-electron chi connectivity index (χ1n) is 13.7. The van der Waals surface area contributed by atoms with Gasteiger partial charge in [0.25, 0.3) is 5.56 Å². The van der Waals surface area contributed by atoms with Gasteiger partial charge in [-0.05, 0) is 91.1 Å². The third-order valence-electron chi connectivity index (χ3n) is 6.83. The topological polar surface area (TPSA) is 65.7 Å². The van der Waals surface area contributed by atoms with Crippen LogP contribution < -0.4 is 15.0 Å². The number of para-hydroxylation sites is 1. The number of aromatic nitrogens is 2. The van der Waals surface area contributed by atoms with E-state index in [0.29, 0.717) is 34.6 Å². The first-order valence-corrected chi connectivity index (χ1v) is 13.7. The highest BCUT2D eigenvalue weighted by atomic mass is 19.1. The minimum atomic E-state index is -0.301. The Morgan fingerprint density at radius 1 is 0.976 bits per heavy atom. The molecule has 6 nitrogen and oxygen atoms in total. The first-order chi connectivity index (χ1) is 19.9. The van der Waals surface area contributed by atoms with Crippen LogP contribution in [0.25, 0.3) is 22.3 Å². The van der Waals surface area contributed by atoms with E-state index in [4.69, 9.17) is 14.5 Å². The normalized spacial score (nSPS) is 11.5. The van der Waals surface area contributed by atoms with E-state index in [-0.39, 0.29) is 23.9 Å². The second-order valence-electron chi connectivity index (χ2n) is 10.1. The van der Waals surface area contributed by atoms with Crippen molar-refractivity contribution in [3.8, 4) is 22.9 Å². The molecule has 4 aromatic carbocycles. The zero-order valence-electron chi connectivity index (χ0n) is 23.6. The highest BCUT2D eigenvalue weighted by Gasteiger charge is 2.18. The molecular weight excluding hydrogens is 517 g/mol. The molecule has 0 saturated heterocycles. The summed E-state index contributed by atoms with van der Waals surface area (Å²) in [5.41, 5.74) is 4.38. The van der Waals surface area contributed by atoms with E-state index < -0.39 is 0 Å². The van der Waals surface area contributed by atoms with E-state index in [1.54, 1.807) is 42.6 Å². The number of aryl methyl sites for hydroxylation is 1. The Morgan fingerprint density at radius 3 is 2.44 bits per heavy atom. The van der Waals surface area contributed by atoms with Crippen LogP contribution in [0.5, 0.6) is 11.5 Å². The fourth-order valence-electron chi connectivity index (χ4n) is 4.63. The molecule has 208 valence electrons. The lowest BCUT2D eigenvalue weighted by atomic mass is 9.96. The van der Waals surface area contributed by atoms with Crippen molar-refractivity contribution >= 4 is 17.1 Å². The van der Waals surface area contributed by atoms with Gasteiger partial charge in [0.15, 0.2) is 5.82 Å². The molecular formula is C34H32FN3O3. The predicted molar refractivity (Wildman–Crippen MR) is 162 cm³/mol. The molecule has 0 bridgehead atoms. The molecule has 5 aromatic rings. The van der Waals surface area contributed by atoms with Crippen molar-refractivity contribution in [2.75, 3.05) is 6.61 Å². The van der Waals surface area contributed by atoms with Crippen LogP contribution in [0.1, 0.15) is 48.9 Å². The largest absolute Gasteiger partial charge is 0.494 e. The van der Waals surface area contributed by atoms with Crippen LogP contribution in [0.4, 0.5) is 4.39 Å². The summed E-state index contributed by atoms with van der Waals surface area (Å²) in [5, 5.41) is 5.09. The summed E-state index contributed by atoms with van der Waals surface area (Å²) in [7, 11) is 0. The van der Waals surface area contributed by atoms with Gasteiger partial charge < -0.3 is 9.47 Å². The van der Waals surface area contributed by atoms with Gasteiger partial charge in [0, 0.05) is 11.1 Å². The molecule has 7 heteroatoms. The Kier molecular flexibility index (Phi) is 8.24. The number of hydrogen-bond acceptors (Lipinski definition) is 5. The van der Waals surface area contributed by atoms with Crippen molar-refractivity contribution in [1.29, 1.82) is 0 Å². The van der Waals surface area contributed by atoms with Crippen molar-refractivity contribution in [2.24, 2.45) is 5.10 Å². The fraction of sp³-hybridized carbons (Fsp3) is 0.206. The van der Waals surface area contributed by atoms with Gasteiger partial charge in [0.05, 0.1) is 23.7 Å². The zero-order chi connectivity index (χ0) is 28.9. The summed E-state index contributed by atoms with van der Waals surface area (Å²) in [6, 6.07) is 25.1. The van der Waals surface area contributed by atoms with Crippen molar-refractivity contribution < 1.29 is 13.9 Å². The lowest BCUT2D eigenvalue weighted by Crippen LogP contribution is -2.20. The minimum Gasteiger partial charge on any atom is -0.494 e. The SMILES string of the molecule is CCOc1cc(C)c(-c2nc3ccccc3c(=O)n2N=Cc2ccc(OCc3ccccc3F)cc2)cc1C(C)C. The minimum absolute atomic E-state index is 0.126. The van der Waals surface area contributed by atoms with E-state index >= 15 is 0 Å². The Labute approximate surface area is 238 Å². The molecule has 0 saturated carbocycles. The highest BCUT2D eigenvalue weighted by molar-refractivity contribution is 5.82. The smallest absolute Gasteiger partial charge is 0.282 e. The van der Waals surface area contributed by atoms with E-state index in [1.165, 1.54) is 10.7 Å². The van der Waals surface area contributed by atoms with Gasteiger partial charge in [-0.2, -0.15) is 9.78 Å². The molecule has 0 aliphatic rings. The van der Waals surface area contributed by atoms with Gasteiger partial charge in [-0.15, -0.1) is 0 Å². The molecule has 0 unspecified atom stereocenters. The highest BCUT2D eigenvalue weighted by Crippen LogP contribution is 2.34. The zero-order valence-corrected chi connectivity index (χ0v) is 23.6.